The van der Waals surface area contributed by atoms with Crippen molar-refractivity contribution in [1.82, 2.24) is 24.8 Å². The van der Waals surface area contributed by atoms with Crippen LogP contribution in [0.3, 0.4) is 0 Å². The predicted octanol–water partition coefficient (Wildman–Crippen LogP) is 4.57. The van der Waals surface area contributed by atoms with Gasteiger partial charge < -0.3 is 4.90 Å². The molecule has 4 heterocycles. The number of imidazole rings is 1. The van der Waals surface area contributed by atoms with Crippen LogP contribution in [0.5, 0.6) is 0 Å². The predicted molar refractivity (Wildman–Crippen MR) is 104 cm³/mol. The molecule has 0 aliphatic carbocycles. The number of H-pyrrole nitrogens is 1. The summed E-state index contributed by atoms with van der Waals surface area (Å²) in [6, 6.07) is 8.05. The van der Waals surface area contributed by atoms with Crippen LogP contribution in [0.25, 0.3) is 16.2 Å². The normalized spacial score (nSPS) is 17.9. The van der Waals surface area contributed by atoms with Gasteiger partial charge in [0.05, 0.1) is 24.1 Å². The first-order chi connectivity index (χ1) is 12.8. The van der Waals surface area contributed by atoms with Crippen LogP contribution in [-0.4, -0.2) is 31.3 Å². The summed E-state index contributed by atoms with van der Waals surface area (Å²) in [7, 11) is 0. The summed E-state index contributed by atoms with van der Waals surface area (Å²) in [4.78, 5) is 8.04. The number of anilines is 1. The highest BCUT2D eigenvalue weighted by molar-refractivity contribution is 7.20. The number of aromatic nitrogens is 5. The average Bonchev–Trinajstić information content (AvgIpc) is 3.38. The number of nitrogens with one attached hydrogen (secondary N) is 1. The van der Waals surface area contributed by atoms with E-state index < -0.39 is 0 Å². The third-order valence-electron chi connectivity index (χ3n) is 4.83. The fourth-order valence-corrected chi connectivity index (χ4v) is 4.60. The molecule has 1 atom stereocenters. The maximum absolute atomic E-state index is 5.97. The number of aromatic amines is 1. The minimum atomic E-state index is 0.328. The summed E-state index contributed by atoms with van der Waals surface area (Å²) in [5.41, 5.74) is 3.18. The summed E-state index contributed by atoms with van der Waals surface area (Å²) < 4.78 is 1.88. The minimum absolute atomic E-state index is 0.328. The lowest BCUT2D eigenvalue weighted by Crippen LogP contribution is -2.33. The zero-order valence-corrected chi connectivity index (χ0v) is 15.5. The summed E-state index contributed by atoms with van der Waals surface area (Å²) in [6.45, 7) is 1.01. The third-order valence-corrected chi connectivity index (χ3v) is 6.04. The minimum Gasteiger partial charge on any atom is -0.340 e. The Kier molecular flexibility index (Phi) is 3.90. The molecule has 1 aliphatic heterocycles. The van der Waals surface area contributed by atoms with Crippen LogP contribution in [-0.2, 0) is 0 Å². The molecule has 1 aromatic carbocycles. The van der Waals surface area contributed by atoms with E-state index in [0.717, 1.165) is 39.3 Å². The molecular weight excluding hydrogens is 368 g/mol. The van der Waals surface area contributed by atoms with Crippen molar-refractivity contribution < 1.29 is 0 Å². The van der Waals surface area contributed by atoms with Crippen LogP contribution in [0.1, 0.15) is 30.9 Å². The first-order valence-corrected chi connectivity index (χ1v) is 9.85. The lowest BCUT2D eigenvalue weighted by molar-refractivity contribution is 0.471. The van der Waals surface area contributed by atoms with E-state index in [9.17, 15) is 0 Å². The molecule has 6 nitrogen and oxygen atoms in total. The number of fused-ring (bicyclic) bond motifs is 1. The van der Waals surface area contributed by atoms with Crippen molar-refractivity contribution in [3.05, 3.63) is 53.4 Å². The van der Waals surface area contributed by atoms with E-state index >= 15 is 0 Å². The first kappa shape index (κ1) is 15.8. The largest absolute Gasteiger partial charge is 0.340 e. The Morgan fingerprint density at radius 2 is 2.08 bits per heavy atom. The molecule has 132 valence electrons. The monoisotopic (exact) mass is 384 g/mol. The van der Waals surface area contributed by atoms with E-state index in [1.54, 1.807) is 11.3 Å². The van der Waals surface area contributed by atoms with E-state index in [0.29, 0.717) is 6.04 Å². The molecule has 0 bridgehead atoms. The van der Waals surface area contributed by atoms with Crippen LogP contribution in [0.4, 0.5) is 5.13 Å². The highest BCUT2D eigenvalue weighted by atomic mass is 35.5. The van der Waals surface area contributed by atoms with Crippen LogP contribution >= 0.6 is 22.9 Å². The smallest absolute Gasteiger partial charge is 0.214 e. The molecule has 4 aromatic rings. The number of benzene rings is 1. The SMILES string of the molecule is Clc1ccc(-c2cn3nc(N4CCCCC4c4cn[nH]c4)sc3n2)cc1. The van der Waals surface area contributed by atoms with E-state index in [-0.39, 0.29) is 0 Å². The van der Waals surface area contributed by atoms with Crippen molar-refractivity contribution in [1.29, 1.82) is 0 Å². The van der Waals surface area contributed by atoms with Gasteiger partial charge in [-0.05, 0) is 31.4 Å². The van der Waals surface area contributed by atoms with Crippen molar-refractivity contribution in [2.75, 3.05) is 11.4 Å². The molecule has 3 aromatic heterocycles. The molecule has 0 saturated carbocycles. The highest BCUT2D eigenvalue weighted by Gasteiger charge is 2.27. The van der Waals surface area contributed by atoms with Crippen LogP contribution < -0.4 is 4.90 Å². The van der Waals surface area contributed by atoms with E-state index in [2.05, 4.69) is 15.1 Å². The van der Waals surface area contributed by atoms with Gasteiger partial charge in [-0.2, -0.15) is 5.10 Å². The van der Waals surface area contributed by atoms with E-state index in [1.807, 2.05) is 47.4 Å². The van der Waals surface area contributed by atoms with Crippen molar-refractivity contribution in [2.45, 2.75) is 25.3 Å². The molecular formula is C18H17ClN6S. The Balaban J connectivity index is 1.47. The lowest BCUT2D eigenvalue weighted by atomic mass is 9.98. The number of rotatable bonds is 3. The summed E-state index contributed by atoms with van der Waals surface area (Å²) in [6.07, 6.45) is 9.43. The average molecular weight is 385 g/mol. The number of nitrogens with zero attached hydrogens (tertiary/aromatic N) is 5. The summed E-state index contributed by atoms with van der Waals surface area (Å²) in [5.74, 6) is 0. The van der Waals surface area contributed by atoms with Gasteiger partial charge in [-0.1, -0.05) is 35.1 Å². The zero-order chi connectivity index (χ0) is 17.5. The molecule has 0 spiro atoms. The van der Waals surface area contributed by atoms with Crippen molar-refractivity contribution >= 4 is 33.0 Å². The van der Waals surface area contributed by atoms with E-state index in [1.165, 1.54) is 18.4 Å². The third kappa shape index (κ3) is 2.77. The lowest BCUT2D eigenvalue weighted by Gasteiger charge is -2.34. The van der Waals surface area contributed by atoms with E-state index in [4.69, 9.17) is 21.7 Å². The second-order valence-electron chi connectivity index (χ2n) is 6.48. The molecule has 0 radical (unpaired) electrons. The number of hydrogen-bond acceptors (Lipinski definition) is 5. The summed E-state index contributed by atoms with van der Waals surface area (Å²) >= 11 is 7.60. The molecule has 1 saturated heterocycles. The molecule has 0 amide bonds. The van der Waals surface area contributed by atoms with Crippen molar-refractivity contribution in [2.24, 2.45) is 0 Å². The van der Waals surface area contributed by atoms with Gasteiger partial charge in [0.15, 0.2) is 0 Å². The maximum Gasteiger partial charge on any atom is 0.214 e. The Morgan fingerprint density at radius 3 is 2.85 bits per heavy atom. The zero-order valence-electron chi connectivity index (χ0n) is 14.0. The Labute approximate surface area is 159 Å². The standard InChI is InChI=1S/C18H17ClN6S/c19-14-6-4-12(5-7-14)15-11-25-17(22-15)26-18(23-25)24-8-2-1-3-16(24)13-9-20-21-10-13/h4-7,9-11,16H,1-3,8H2,(H,20,21). The first-order valence-electron chi connectivity index (χ1n) is 8.65. The number of hydrogen-bond donors (Lipinski definition) is 1. The Bertz CT molecular complexity index is 989. The van der Waals surface area contributed by atoms with Crippen molar-refractivity contribution in [3.63, 3.8) is 0 Å². The number of piperidine rings is 1. The number of halogens is 1. The second-order valence-corrected chi connectivity index (χ2v) is 7.85. The van der Waals surface area contributed by atoms with Gasteiger partial charge in [-0.3, -0.25) is 5.10 Å². The molecule has 5 rings (SSSR count). The Morgan fingerprint density at radius 1 is 1.19 bits per heavy atom. The quantitative estimate of drug-likeness (QED) is 0.562. The topological polar surface area (TPSA) is 62.1 Å². The maximum atomic E-state index is 5.97. The van der Waals surface area contributed by atoms with Gasteiger partial charge >= 0.3 is 0 Å². The van der Waals surface area contributed by atoms with Gasteiger partial charge in [0.25, 0.3) is 0 Å². The fraction of sp³-hybridized carbons (Fsp3) is 0.278. The molecule has 1 fully saturated rings. The van der Waals surface area contributed by atoms with Gasteiger partial charge in [0.1, 0.15) is 0 Å². The van der Waals surface area contributed by atoms with Gasteiger partial charge in [-0.25, -0.2) is 9.50 Å². The van der Waals surface area contributed by atoms with Gasteiger partial charge in [0, 0.05) is 28.9 Å². The van der Waals surface area contributed by atoms with Crippen LogP contribution in [0, 0.1) is 0 Å². The highest BCUT2D eigenvalue weighted by Crippen LogP contribution is 2.37. The molecule has 1 N–H and O–H groups in total. The molecule has 1 aliphatic rings. The van der Waals surface area contributed by atoms with Crippen molar-refractivity contribution in [3.8, 4) is 11.3 Å². The fourth-order valence-electron chi connectivity index (χ4n) is 3.52. The van der Waals surface area contributed by atoms with Crippen LogP contribution in [0.2, 0.25) is 5.02 Å². The van der Waals surface area contributed by atoms with Gasteiger partial charge in [0.2, 0.25) is 10.1 Å². The van der Waals surface area contributed by atoms with Gasteiger partial charge in [-0.15, -0.1) is 5.10 Å². The molecule has 8 heteroatoms. The second kappa shape index (κ2) is 6.41. The summed E-state index contributed by atoms with van der Waals surface area (Å²) in [5, 5.41) is 13.6. The molecule has 26 heavy (non-hydrogen) atoms. The Hall–Kier alpha value is -2.38. The van der Waals surface area contributed by atoms with Crippen LogP contribution in [0.15, 0.2) is 42.9 Å². The molecule has 1 unspecified atom stereocenters.